The summed E-state index contributed by atoms with van der Waals surface area (Å²) in [6.45, 7) is 0. The summed E-state index contributed by atoms with van der Waals surface area (Å²) >= 11 is 5.81. The largest absolute Gasteiger partial charge is 0.495 e. The summed E-state index contributed by atoms with van der Waals surface area (Å²) in [5, 5.41) is 3.00. The number of halogens is 1. The molecule has 1 aromatic heterocycles. The number of amides is 1. The van der Waals surface area contributed by atoms with E-state index in [1.807, 2.05) is 0 Å². The van der Waals surface area contributed by atoms with E-state index in [0.29, 0.717) is 10.7 Å². The molecular formula is C17H14ClN3O5S. The van der Waals surface area contributed by atoms with Crippen molar-refractivity contribution in [2.45, 2.75) is 4.90 Å². The zero-order chi connectivity index (χ0) is 19.4. The lowest BCUT2D eigenvalue weighted by atomic mass is 10.3. The highest BCUT2D eigenvalue weighted by Gasteiger charge is 2.21. The first-order valence-electron chi connectivity index (χ1n) is 7.56. The number of benzene rings is 2. The van der Waals surface area contributed by atoms with Crippen molar-refractivity contribution in [3.63, 3.8) is 0 Å². The molecule has 140 valence electrons. The Labute approximate surface area is 160 Å². The van der Waals surface area contributed by atoms with Gasteiger partial charge in [0.1, 0.15) is 16.9 Å². The summed E-state index contributed by atoms with van der Waals surface area (Å²) in [6.07, 6.45) is 2.59. The Balaban J connectivity index is 1.90. The Kier molecular flexibility index (Phi) is 5.33. The van der Waals surface area contributed by atoms with Crippen LogP contribution in [0.25, 0.3) is 0 Å². The number of sulfonamides is 1. The van der Waals surface area contributed by atoms with Crippen LogP contribution in [0.4, 0.5) is 11.4 Å². The first kappa shape index (κ1) is 18.7. The van der Waals surface area contributed by atoms with Gasteiger partial charge in [-0.05, 0) is 42.5 Å². The van der Waals surface area contributed by atoms with Gasteiger partial charge >= 0.3 is 5.91 Å². The molecule has 27 heavy (non-hydrogen) atoms. The average molecular weight is 408 g/mol. The molecule has 1 amide bonds. The van der Waals surface area contributed by atoms with Gasteiger partial charge in [0, 0.05) is 16.4 Å². The van der Waals surface area contributed by atoms with Crippen molar-refractivity contribution in [2.24, 2.45) is 0 Å². The smallest absolute Gasteiger partial charge is 0.311 e. The van der Waals surface area contributed by atoms with Gasteiger partial charge in [-0.3, -0.25) is 9.52 Å². The maximum atomic E-state index is 12.8. The maximum absolute atomic E-state index is 12.8. The van der Waals surface area contributed by atoms with E-state index in [4.69, 9.17) is 20.8 Å². The van der Waals surface area contributed by atoms with Crippen LogP contribution in [0.5, 0.6) is 5.75 Å². The van der Waals surface area contributed by atoms with Gasteiger partial charge in [-0.2, -0.15) is 0 Å². The zero-order valence-corrected chi connectivity index (χ0v) is 15.5. The summed E-state index contributed by atoms with van der Waals surface area (Å²) < 4.78 is 38.0. The fourth-order valence-corrected chi connectivity index (χ4v) is 3.59. The summed E-state index contributed by atoms with van der Waals surface area (Å²) in [6, 6.07) is 10.4. The Morgan fingerprint density at radius 3 is 2.48 bits per heavy atom. The minimum Gasteiger partial charge on any atom is -0.495 e. The molecule has 2 N–H and O–H groups in total. The maximum Gasteiger partial charge on any atom is 0.311 e. The second-order valence-corrected chi connectivity index (χ2v) is 7.36. The quantitative estimate of drug-likeness (QED) is 0.648. The fraction of sp³-hybridized carbons (Fsp3) is 0.0588. The molecular weight excluding hydrogens is 394 g/mol. The van der Waals surface area contributed by atoms with Crippen LogP contribution in [0.15, 0.2) is 64.2 Å². The van der Waals surface area contributed by atoms with Crippen molar-refractivity contribution < 1.29 is 22.4 Å². The van der Waals surface area contributed by atoms with Crippen LogP contribution in [0, 0.1) is 0 Å². The number of oxazole rings is 1. The van der Waals surface area contributed by atoms with Crippen LogP contribution in [-0.4, -0.2) is 26.4 Å². The SMILES string of the molecule is COc1ccc(NC(=O)c2ncco2)cc1S(=O)(=O)Nc1ccc(Cl)cc1. The van der Waals surface area contributed by atoms with Gasteiger partial charge in [0.25, 0.3) is 15.9 Å². The fourth-order valence-electron chi connectivity index (χ4n) is 2.21. The first-order chi connectivity index (χ1) is 12.9. The third-order valence-corrected chi connectivity index (χ3v) is 5.09. The molecule has 0 radical (unpaired) electrons. The van der Waals surface area contributed by atoms with Crippen molar-refractivity contribution in [1.29, 1.82) is 0 Å². The number of hydrogen-bond donors (Lipinski definition) is 2. The molecule has 1 heterocycles. The van der Waals surface area contributed by atoms with E-state index in [1.54, 1.807) is 12.1 Å². The van der Waals surface area contributed by atoms with E-state index < -0.39 is 15.9 Å². The lowest BCUT2D eigenvalue weighted by Gasteiger charge is -2.13. The molecule has 0 saturated carbocycles. The molecule has 3 rings (SSSR count). The van der Waals surface area contributed by atoms with Crippen molar-refractivity contribution in [2.75, 3.05) is 17.1 Å². The number of nitrogens with zero attached hydrogens (tertiary/aromatic N) is 1. The second kappa shape index (κ2) is 7.68. The number of anilines is 2. The first-order valence-corrected chi connectivity index (χ1v) is 9.42. The number of methoxy groups -OCH3 is 1. The van der Waals surface area contributed by atoms with Gasteiger partial charge in [0.05, 0.1) is 13.3 Å². The Morgan fingerprint density at radius 2 is 1.85 bits per heavy atom. The highest BCUT2D eigenvalue weighted by Crippen LogP contribution is 2.29. The van der Waals surface area contributed by atoms with Crippen LogP contribution in [0.1, 0.15) is 10.7 Å². The lowest BCUT2D eigenvalue weighted by Crippen LogP contribution is -2.16. The number of rotatable bonds is 6. The zero-order valence-electron chi connectivity index (χ0n) is 14.0. The van der Waals surface area contributed by atoms with E-state index in [1.165, 1.54) is 49.9 Å². The molecule has 0 aliphatic rings. The van der Waals surface area contributed by atoms with Gasteiger partial charge in [-0.1, -0.05) is 11.6 Å². The highest BCUT2D eigenvalue weighted by atomic mass is 35.5. The van der Waals surface area contributed by atoms with E-state index in [0.717, 1.165) is 0 Å². The topological polar surface area (TPSA) is 111 Å². The molecule has 0 unspecified atom stereocenters. The molecule has 0 atom stereocenters. The highest BCUT2D eigenvalue weighted by molar-refractivity contribution is 7.92. The van der Waals surface area contributed by atoms with E-state index in [-0.39, 0.29) is 22.2 Å². The van der Waals surface area contributed by atoms with Crippen LogP contribution in [0.2, 0.25) is 5.02 Å². The van der Waals surface area contributed by atoms with Crippen LogP contribution in [-0.2, 0) is 10.0 Å². The normalized spacial score (nSPS) is 11.0. The molecule has 3 aromatic rings. The van der Waals surface area contributed by atoms with Crippen LogP contribution in [0.3, 0.4) is 0 Å². The van der Waals surface area contributed by atoms with Crippen LogP contribution < -0.4 is 14.8 Å². The third-order valence-electron chi connectivity index (χ3n) is 3.43. The Morgan fingerprint density at radius 1 is 1.15 bits per heavy atom. The summed E-state index contributed by atoms with van der Waals surface area (Å²) in [5.41, 5.74) is 0.561. The van der Waals surface area contributed by atoms with E-state index in [9.17, 15) is 13.2 Å². The van der Waals surface area contributed by atoms with Crippen molar-refractivity contribution in [3.8, 4) is 5.75 Å². The monoisotopic (exact) mass is 407 g/mol. The summed E-state index contributed by atoms with van der Waals surface area (Å²) in [7, 11) is -2.64. The second-order valence-electron chi connectivity index (χ2n) is 5.27. The van der Waals surface area contributed by atoms with Gasteiger partial charge < -0.3 is 14.5 Å². The van der Waals surface area contributed by atoms with Gasteiger partial charge in [-0.15, -0.1) is 0 Å². The molecule has 2 aromatic carbocycles. The summed E-state index contributed by atoms with van der Waals surface area (Å²) in [4.78, 5) is 15.6. The molecule has 0 saturated heterocycles. The van der Waals surface area contributed by atoms with Gasteiger partial charge in [-0.25, -0.2) is 13.4 Å². The number of ether oxygens (including phenoxy) is 1. The number of carbonyl (C=O) groups excluding carboxylic acids is 1. The Bertz CT molecular complexity index is 1050. The van der Waals surface area contributed by atoms with Crippen LogP contribution >= 0.6 is 11.6 Å². The third kappa shape index (κ3) is 4.39. The van der Waals surface area contributed by atoms with Crippen molar-refractivity contribution in [3.05, 3.63) is 65.8 Å². The molecule has 0 aliphatic heterocycles. The standard InChI is InChI=1S/C17H14ClN3O5S/c1-25-14-7-6-13(20-16(22)17-19-8-9-26-17)10-15(14)27(23,24)21-12-4-2-11(18)3-5-12/h2-10,21H,1H3,(H,20,22). The molecule has 0 aliphatic carbocycles. The van der Waals surface area contributed by atoms with Gasteiger partial charge in [0.15, 0.2) is 0 Å². The molecule has 0 fully saturated rings. The minimum atomic E-state index is -3.99. The molecule has 0 spiro atoms. The predicted octanol–water partition coefficient (Wildman–Crippen LogP) is 3.39. The number of aromatic nitrogens is 1. The van der Waals surface area contributed by atoms with E-state index >= 15 is 0 Å². The average Bonchev–Trinajstić information content (AvgIpc) is 3.18. The molecule has 8 nitrogen and oxygen atoms in total. The minimum absolute atomic E-state index is 0.116. The van der Waals surface area contributed by atoms with Crippen molar-refractivity contribution >= 4 is 38.9 Å². The van der Waals surface area contributed by atoms with Gasteiger partial charge in [0.2, 0.25) is 0 Å². The number of nitrogens with one attached hydrogen (secondary N) is 2. The number of carbonyl (C=O) groups is 1. The summed E-state index contributed by atoms with van der Waals surface area (Å²) in [5.74, 6) is -0.640. The predicted molar refractivity (Wildman–Crippen MR) is 99.7 cm³/mol. The van der Waals surface area contributed by atoms with Crippen molar-refractivity contribution in [1.82, 2.24) is 4.98 Å². The van der Waals surface area contributed by atoms with E-state index in [2.05, 4.69) is 15.0 Å². The molecule has 0 bridgehead atoms. The lowest BCUT2D eigenvalue weighted by molar-refractivity contribution is 0.0990. The molecule has 10 heteroatoms. The Hall–Kier alpha value is -3.04. The number of hydrogen-bond acceptors (Lipinski definition) is 6.